The highest BCUT2D eigenvalue weighted by Gasteiger charge is 2.36. The van der Waals surface area contributed by atoms with Crippen LogP contribution in [0.2, 0.25) is 0 Å². The Labute approximate surface area is 212 Å². The number of amides is 4. The Balaban J connectivity index is 1.66. The highest BCUT2D eigenvalue weighted by Crippen LogP contribution is 2.38. The Hall–Kier alpha value is -5.66. The number of benzene rings is 3. The van der Waals surface area contributed by atoms with Gasteiger partial charge < -0.3 is 9.47 Å². The number of urea groups is 1. The molecule has 1 saturated heterocycles. The summed E-state index contributed by atoms with van der Waals surface area (Å²) >= 11 is 0. The number of nitrogens with zero attached hydrogens (tertiary/aromatic N) is 3. The molecule has 0 saturated carbocycles. The normalized spacial score (nSPS) is 14.3. The minimum absolute atomic E-state index is 0.00542. The summed E-state index contributed by atoms with van der Waals surface area (Å²) in [6.07, 6.45) is 1.18. The van der Waals surface area contributed by atoms with Crippen molar-refractivity contribution in [3.05, 3.63) is 97.8 Å². The summed E-state index contributed by atoms with van der Waals surface area (Å²) in [7, 11) is 1.27. The number of hydrogen-bond acceptors (Lipinski definition) is 9. The molecule has 14 heteroatoms. The Kier molecular flexibility index (Phi) is 6.79. The highest BCUT2D eigenvalue weighted by molar-refractivity contribution is 6.39. The minimum Gasteiger partial charge on any atom is -0.493 e. The number of carbonyl (C=O) groups excluding carboxylic acids is 3. The van der Waals surface area contributed by atoms with E-state index >= 15 is 0 Å². The number of ether oxygens (including phenoxy) is 2. The standard InChI is InChI=1S/C24H15FN4O9/c1-37-21-11-13(2-8-20(21)38-19-9-7-16(28(33)34)12-18(19)29(35)36)10-17-22(30)26-24(32)27(23(17)31)15-5-3-14(25)4-6-15/h2-12H,1H3,(H,26,30,32)/b17-10+. The first-order valence-corrected chi connectivity index (χ1v) is 10.5. The zero-order valence-corrected chi connectivity index (χ0v) is 19.2. The van der Waals surface area contributed by atoms with Gasteiger partial charge in [-0.1, -0.05) is 6.07 Å². The van der Waals surface area contributed by atoms with Gasteiger partial charge >= 0.3 is 11.7 Å². The van der Waals surface area contributed by atoms with Crippen LogP contribution in [0.15, 0.2) is 66.2 Å². The van der Waals surface area contributed by atoms with Crippen molar-refractivity contribution < 1.29 is 38.1 Å². The van der Waals surface area contributed by atoms with E-state index in [9.17, 15) is 39.0 Å². The number of nitro benzene ring substituents is 2. The van der Waals surface area contributed by atoms with Crippen molar-refractivity contribution >= 4 is 41.0 Å². The average molecular weight is 522 g/mol. The van der Waals surface area contributed by atoms with Gasteiger partial charge in [0.25, 0.3) is 17.5 Å². The number of halogens is 1. The number of barbiturate groups is 1. The molecule has 1 N–H and O–H groups in total. The van der Waals surface area contributed by atoms with Crippen LogP contribution in [0, 0.1) is 26.0 Å². The molecule has 1 heterocycles. The number of hydrogen-bond donors (Lipinski definition) is 1. The van der Waals surface area contributed by atoms with Gasteiger partial charge in [0.15, 0.2) is 11.5 Å². The molecule has 0 atom stereocenters. The molecule has 0 bridgehead atoms. The Morgan fingerprint density at radius 1 is 0.895 bits per heavy atom. The molecule has 4 amide bonds. The SMILES string of the molecule is COc1cc(/C=C2\C(=O)NC(=O)N(c3ccc(F)cc3)C2=O)ccc1Oc1ccc([N+](=O)[O-])cc1[N+](=O)[O-]. The number of imide groups is 2. The summed E-state index contributed by atoms with van der Waals surface area (Å²) in [6.45, 7) is 0. The molecule has 3 aromatic rings. The van der Waals surface area contributed by atoms with Crippen molar-refractivity contribution in [3.8, 4) is 17.2 Å². The van der Waals surface area contributed by atoms with E-state index in [0.717, 1.165) is 30.3 Å². The molecule has 4 rings (SSSR count). The second-order valence-corrected chi connectivity index (χ2v) is 7.61. The lowest BCUT2D eigenvalue weighted by molar-refractivity contribution is -0.394. The van der Waals surface area contributed by atoms with E-state index in [0.29, 0.717) is 4.90 Å². The van der Waals surface area contributed by atoms with Gasteiger partial charge in [0.2, 0.25) is 5.75 Å². The first-order chi connectivity index (χ1) is 18.1. The Morgan fingerprint density at radius 2 is 1.58 bits per heavy atom. The van der Waals surface area contributed by atoms with E-state index in [1.807, 2.05) is 5.32 Å². The maximum atomic E-state index is 13.3. The first kappa shape index (κ1) is 25.4. The van der Waals surface area contributed by atoms with Gasteiger partial charge in [0.05, 0.1) is 28.7 Å². The number of nitro groups is 2. The van der Waals surface area contributed by atoms with Crippen LogP contribution in [0.25, 0.3) is 6.08 Å². The first-order valence-electron chi connectivity index (χ1n) is 10.5. The van der Waals surface area contributed by atoms with E-state index < -0.39 is 50.5 Å². The van der Waals surface area contributed by atoms with Crippen molar-refractivity contribution in [1.82, 2.24) is 5.32 Å². The molecular formula is C24H15FN4O9. The van der Waals surface area contributed by atoms with Gasteiger partial charge in [-0.3, -0.25) is 35.1 Å². The van der Waals surface area contributed by atoms with Gasteiger partial charge in [0, 0.05) is 6.07 Å². The molecule has 3 aromatic carbocycles. The fraction of sp³-hybridized carbons (Fsp3) is 0.0417. The lowest BCUT2D eigenvalue weighted by Gasteiger charge is -2.26. The van der Waals surface area contributed by atoms with Crippen LogP contribution in [0.5, 0.6) is 17.2 Å². The molecule has 0 unspecified atom stereocenters. The highest BCUT2D eigenvalue weighted by atomic mass is 19.1. The van der Waals surface area contributed by atoms with Crippen molar-refractivity contribution in [2.75, 3.05) is 12.0 Å². The maximum Gasteiger partial charge on any atom is 0.335 e. The van der Waals surface area contributed by atoms with Crippen LogP contribution < -0.4 is 19.7 Å². The second-order valence-electron chi connectivity index (χ2n) is 7.61. The smallest absolute Gasteiger partial charge is 0.335 e. The number of carbonyl (C=O) groups is 3. The van der Waals surface area contributed by atoms with Gasteiger partial charge in [-0.2, -0.15) is 0 Å². The number of rotatable bonds is 7. The van der Waals surface area contributed by atoms with E-state index in [1.165, 1.54) is 43.5 Å². The quantitative estimate of drug-likeness (QED) is 0.207. The molecule has 0 aliphatic carbocycles. The molecule has 13 nitrogen and oxygen atoms in total. The number of anilines is 1. The summed E-state index contributed by atoms with van der Waals surface area (Å²) in [5.41, 5.74) is -1.25. The van der Waals surface area contributed by atoms with Crippen molar-refractivity contribution in [3.63, 3.8) is 0 Å². The lowest BCUT2D eigenvalue weighted by atomic mass is 10.1. The molecule has 0 spiro atoms. The topological polar surface area (TPSA) is 171 Å². The van der Waals surface area contributed by atoms with Gasteiger partial charge in [0.1, 0.15) is 11.4 Å². The third kappa shape index (κ3) is 4.99. The van der Waals surface area contributed by atoms with Crippen LogP contribution in [0.1, 0.15) is 5.56 Å². The van der Waals surface area contributed by atoms with Crippen LogP contribution >= 0.6 is 0 Å². The van der Waals surface area contributed by atoms with Gasteiger partial charge in [-0.15, -0.1) is 0 Å². The van der Waals surface area contributed by atoms with Crippen LogP contribution in [0.4, 0.5) is 26.2 Å². The molecular weight excluding hydrogens is 507 g/mol. The summed E-state index contributed by atoms with van der Waals surface area (Å²) in [4.78, 5) is 59.1. The fourth-order valence-electron chi connectivity index (χ4n) is 3.47. The van der Waals surface area contributed by atoms with Crippen molar-refractivity contribution in [2.45, 2.75) is 0 Å². The number of non-ortho nitro benzene ring substituents is 1. The summed E-state index contributed by atoms with van der Waals surface area (Å²) in [6, 6.07) is 10.5. The third-order valence-electron chi connectivity index (χ3n) is 5.26. The monoisotopic (exact) mass is 522 g/mol. The van der Waals surface area contributed by atoms with E-state index in [1.54, 1.807) is 0 Å². The van der Waals surface area contributed by atoms with Crippen LogP contribution in [-0.2, 0) is 9.59 Å². The summed E-state index contributed by atoms with van der Waals surface area (Å²) in [5, 5.41) is 24.4. The summed E-state index contributed by atoms with van der Waals surface area (Å²) < 4.78 is 24.1. The zero-order valence-electron chi connectivity index (χ0n) is 19.2. The minimum atomic E-state index is -1.00. The van der Waals surface area contributed by atoms with E-state index in [-0.39, 0.29) is 28.5 Å². The Bertz CT molecular complexity index is 1540. The van der Waals surface area contributed by atoms with Crippen LogP contribution in [0.3, 0.4) is 0 Å². The zero-order chi connectivity index (χ0) is 27.6. The molecule has 1 fully saturated rings. The van der Waals surface area contributed by atoms with E-state index in [4.69, 9.17) is 9.47 Å². The van der Waals surface area contributed by atoms with Crippen LogP contribution in [-0.4, -0.2) is 34.8 Å². The molecule has 1 aliphatic heterocycles. The summed E-state index contributed by atoms with van der Waals surface area (Å²) in [5.74, 6) is -2.75. The number of nitrogens with one attached hydrogen (secondary N) is 1. The molecule has 0 aromatic heterocycles. The number of methoxy groups -OCH3 is 1. The van der Waals surface area contributed by atoms with Crippen molar-refractivity contribution in [1.29, 1.82) is 0 Å². The lowest BCUT2D eigenvalue weighted by Crippen LogP contribution is -2.54. The molecule has 1 aliphatic rings. The predicted octanol–water partition coefficient (Wildman–Crippen LogP) is 4.11. The maximum absolute atomic E-state index is 13.3. The second kappa shape index (κ2) is 10.1. The largest absolute Gasteiger partial charge is 0.493 e. The fourth-order valence-corrected chi connectivity index (χ4v) is 3.47. The van der Waals surface area contributed by atoms with Gasteiger partial charge in [-0.05, 0) is 54.1 Å². The molecule has 0 radical (unpaired) electrons. The Morgan fingerprint density at radius 3 is 2.21 bits per heavy atom. The van der Waals surface area contributed by atoms with Crippen molar-refractivity contribution in [2.24, 2.45) is 0 Å². The predicted molar refractivity (Wildman–Crippen MR) is 128 cm³/mol. The van der Waals surface area contributed by atoms with Gasteiger partial charge in [-0.25, -0.2) is 14.1 Å². The van der Waals surface area contributed by atoms with E-state index in [2.05, 4.69) is 0 Å². The molecule has 192 valence electrons. The average Bonchev–Trinajstić information content (AvgIpc) is 2.88. The third-order valence-corrected chi connectivity index (χ3v) is 5.26. The molecule has 38 heavy (non-hydrogen) atoms.